The van der Waals surface area contributed by atoms with Crippen molar-refractivity contribution in [2.75, 3.05) is 12.3 Å². The van der Waals surface area contributed by atoms with Crippen LogP contribution in [0.1, 0.15) is 43.4 Å². The number of benzene rings is 1. The van der Waals surface area contributed by atoms with E-state index in [1.807, 2.05) is 18.0 Å². The topological polar surface area (TPSA) is 16.1 Å². The highest BCUT2D eigenvalue weighted by Gasteiger charge is 2.26. The Bertz CT molecular complexity index is 585. The lowest BCUT2D eigenvalue weighted by molar-refractivity contribution is 0.138. The largest absolute Gasteiger partial charge is 0.292 e. The molecule has 2 heterocycles. The Labute approximate surface area is 138 Å². The summed E-state index contributed by atoms with van der Waals surface area (Å²) in [6, 6.07) is 15.7. The molecule has 22 heavy (non-hydrogen) atoms. The Morgan fingerprint density at radius 1 is 1.14 bits per heavy atom. The van der Waals surface area contributed by atoms with Crippen LogP contribution in [-0.4, -0.2) is 22.2 Å². The second-order valence-electron chi connectivity index (χ2n) is 5.80. The third-order valence-electron chi connectivity index (χ3n) is 4.28. The fraction of sp³-hybridized carbons (Fsp3) is 0.421. The first kappa shape index (κ1) is 15.6. The molecule has 2 nitrogen and oxygen atoms in total. The number of aromatic nitrogens is 1. The van der Waals surface area contributed by atoms with Gasteiger partial charge in [-0.2, -0.15) is 0 Å². The van der Waals surface area contributed by atoms with E-state index in [4.69, 9.17) is 0 Å². The van der Waals surface area contributed by atoms with Crippen molar-refractivity contribution < 1.29 is 0 Å². The van der Waals surface area contributed by atoms with E-state index >= 15 is 0 Å². The Kier molecular flexibility index (Phi) is 5.52. The number of nitrogens with zero attached hydrogens (tertiary/aromatic N) is 2. The van der Waals surface area contributed by atoms with Gasteiger partial charge in [0.1, 0.15) is 5.03 Å². The molecule has 1 atom stereocenters. The lowest BCUT2D eigenvalue weighted by Gasteiger charge is -2.36. The van der Waals surface area contributed by atoms with E-state index in [0.717, 1.165) is 12.3 Å². The van der Waals surface area contributed by atoms with E-state index in [-0.39, 0.29) is 0 Å². The van der Waals surface area contributed by atoms with Crippen molar-refractivity contribution in [2.45, 2.75) is 43.8 Å². The van der Waals surface area contributed by atoms with Gasteiger partial charge >= 0.3 is 0 Å². The molecule has 0 aliphatic carbocycles. The van der Waals surface area contributed by atoms with E-state index in [2.05, 4.69) is 59.3 Å². The van der Waals surface area contributed by atoms with Crippen LogP contribution in [0.15, 0.2) is 53.7 Å². The second-order valence-corrected chi connectivity index (χ2v) is 7.05. The molecule has 2 aromatic rings. The third-order valence-corrected chi connectivity index (χ3v) is 5.19. The van der Waals surface area contributed by atoms with Crippen LogP contribution in [-0.2, 0) is 6.54 Å². The molecule has 1 aromatic carbocycles. The fourth-order valence-electron chi connectivity index (χ4n) is 3.26. The molecule has 3 heteroatoms. The zero-order chi connectivity index (χ0) is 15.2. The van der Waals surface area contributed by atoms with Crippen molar-refractivity contribution in [3.8, 4) is 0 Å². The number of hydrogen-bond acceptors (Lipinski definition) is 3. The maximum atomic E-state index is 4.62. The SMILES string of the molecule is CCSc1ncccc1[C@@H]1CCCCN1Cc1ccccc1. The standard InChI is InChI=1S/C19H24N2S/c1-2-22-19-17(11-8-13-20-19)18-12-6-7-14-21(18)15-16-9-4-3-5-10-16/h3-5,8-11,13,18H,2,6-7,12,14-15H2,1H3/t18-/m0/s1. The van der Waals surface area contributed by atoms with Crippen LogP contribution in [0.5, 0.6) is 0 Å². The van der Waals surface area contributed by atoms with Gasteiger partial charge in [-0.15, -0.1) is 11.8 Å². The molecule has 116 valence electrons. The van der Waals surface area contributed by atoms with Crippen molar-refractivity contribution in [2.24, 2.45) is 0 Å². The first-order valence-electron chi connectivity index (χ1n) is 8.24. The Morgan fingerprint density at radius 2 is 2.00 bits per heavy atom. The number of rotatable bonds is 5. The minimum absolute atomic E-state index is 0.511. The van der Waals surface area contributed by atoms with Crippen molar-refractivity contribution >= 4 is 11.8 Å². The van der Waals surface area contributed by atoms with E-state index < -0.39 is 0 Å². The monoisotopic (exact) mass is 312 g/mol. The van der Waals surface area contributed by atoms with Crippen LogP contribution in [0.3, 0.4) is 0 Å². The van der Waals surface area contributed by atoms with Crippen LogP contribution in [0.2, 0.25) is 0 Å². The van der Waals surface area contributed by atoms with Crippen LogP contribution < -0.4 is 0 Å². The minimum atomic E-state index is 0.511. The number of likely N-dealkylation sites (tertiary alicyclic amines) is 1. The lowest BCUT2D eigenvalue weighted by Crippen LogP contribution is -2.33. The highest BCUT2D eigenvalue weighted by molar-refractivity contribution is 7.99. The van der Waals surface area contributed by atoms with Crippen LogP contribution in [0.4, 0.5) is 0 Å². The van der Waals surface area contributed by atoms with E-state index in [0.29, 0.717) is 6.04 Å². The normalized spacial score (nSPS) is 19.2. The Hall–Kier alpha value is -1.32. The molecule has 1 aliphatic rings. The van der Waals surface area contributed by atoms with Gasteiger partial charge in [0.05, 0.1) is 0 Å². The lowest BCUT2D eigenvalue weighted by atomic mass is 9.95. The summed E-state index contributed by atoms with van der Waals surface area (Å²) in [7, 11) is 0. The zero-order valence-electron chi connectivity index (χ0n) is 13.2. The van der Waals surface area contributed by atoms with Crippen molar-refractivity contribution in [1.29, 1.82) is 0 Å². The number of piperidine rings is 1. The molecule has 0 N–H and O–H groups in total. The smallest absolute Gasteiger partial charge is 0.101 e. The average Bonchev–Trinajstić information content (AvgIpc) is 2.57. The van der Waals surface area contributed by atoms with Crippen LogP contribution in [0, 0.1) is 0 Å². The van der Waals surface area contributed by atoms with Crippen molar-refractivity contribution in [3.05, 3.63) is 59.8 Å². The Balaban J connectivity index is 1.83. The van der Waals surface area contributed by atoms with E-state index in [1.54, 1.807) is 0 Å². The van der Waals surface area contributed by atoms with Gasteiger partial charge in [-0.25, -0.2) is 4.98 Å². The average molecular weight is 312 g/mol. The summed E-state index contributed by atoms with van der Waals surface area (Å²) in [5.74, 6) is 1.08. The molecule has 3 rings (SSSR count). The zero-order valence-corrected chi connectivity index (χ0v) is 14.1. The first-order chi connectivity index (χ1) is 10.9. The van der Waals surface area contributed by atoms with Crippen LogP contribution >= 0.6 is 11.8 Å². The molecule has 0 radical (unpaired) electrons. The minimum Gasteiger partial charge on any atom is -0.292 e. The molecular formula is C19H24N2S. The van der Waals surface area contributed by atoms with Crippen LogP contribution in [0.25, 0.3) is 0 Å². The predicted molar refractivity (Wildman–Crippen MR) is 94.1 cm³/mol. The summed E-state index contributed by atoms with van der Waals surface area (Å²) in [6.07, 6.45) is 5.79. The summed E-state index contributed by atoms with van der Waals surface area (Å²) in [6.45, 7) is 4.42. The second kappa shape index (κ2) is 7.80. The van der Waals surface area contributed by atoms with Gasteiger partial charge in [0, 0.05) is 24.3 Å². The summed E-state index contributed by atoms with van der Waals surface area (Å²) in [4.78, 5) is 7.26. The van der Waals surface area contributed by atoms with Gasteiger partial charge in [-0.05, 0) is 36.8 Å². The highest BCUT2D eigenvalue weighted by atomic mass is 32.2. The first-order valence-corrected chi connectivity index (χ1v) is 9.22. The molecule has 0 unspecified atom stereocenters. The molecule has 1 aromatic heterocycles. The highest BCUT2D eigenvalue weighted by Crippen LogP contribution is 2.36. The predicted octanol–water partition coefficient (Wildman–Crippen LogP) is 4.92. The van der Waals surface area contributed by atoms with Crippen molar-refractivity contribution in [3.63, 3.8) is 0 Å². The maximum absolute atomic E-state index is 4.62. The molecule has 0 bridgehead atoms. The van der Waals surface area contributed by atoms with Gasteiger partial charge < -0.3 is 0 Å². The molecule has 1 saturated heterocycles. The van der Waals surface area contributed by atoms with Gasteiger partial charge in [-0.1, -0.05) is 49.7 Å². The molecule has 0 amide bonds. The van der Waals surface area contributed by atoms with Gasteiger partial charge in [0.25, 0.3) is 0 Å². The molecule has 0 saturated carbocycles. The number of pyridine rings is 1. The summed E-state index contributed by atoms with van der Waals surface area (Å²) >= 11 is 1.87. The maximum Gasteiger partial charge on any atom is 0.101 e. The van der Waals surface area contributed by atoms with E-state index in [9.17, 15) is 0 Å². The molecule has 1 aliphatic heterocycles. The van der Waals surface area contributed by atoms with Gasteiger partial charge in [0.15, 0.2) is 0 Å². The number of hydrogen-bond donors (Lipinski definition) is 0. The van der Waals surface area contributed by atoms with Gasteiger partial charge in [-0.3, -0.25) is 4.90 Å². The molecule has 1 fully saturated rings. The van der Waals surface area contributed by atoms with E-state index in [1.165, 1.54) is 42.0 Å². The quantitative estimate of drug-likeness (QED) is 0.729. The molecular weight excluding hydrogens is 288 g/mol. The fourth-order valence-corrected chi connectivity index (χ4v) is 4.04. The van der Waals surface area contributed by atoms with Crippen molar-refractivity contribution in [1.82, 2.24) is 9.88 Å². The third kappa shape index (κ3) is 3.71. The summed E-state index contributed by atoms with van der Waals surface area (Å²) < 4.78 is 0. The summed E-state index contributed by atoms with van der Waals surface area (Å²) in [5, 5.41) is 1.22. The summed E-state index contributed by atoms with van der Waals surface area (Å²) in [5.41, 5.74) is 2.83. The molecule has 0 spiro atoms. The van der Waals surface area contributed by atoms with Gasteiger partial charge in [0.2, 0.25) is 0 Å². The number of thioether (sulfide) groups is 1. The Morgan fingerprint density at radius 3 is 2.82 bits per heavy atom.